The summed E-state index contributed by atoms with van der Waals surface area (Å²) in [6.07, 6.45) is 4.62. The quantitative estimate of drug-likeness (QED) is 0.556. The van der Waals surface area contributed by atoms with Crippen LogP contribution in [0.4, 0.5) is 0 Å². The molecule has 11 heavy (non-hydrogen) atoms. The molecule has 1 fully saturated rings. The molecule has 0 aromatic heterocycles. The van der Waals surface area contributed by atoms with E-state index in [-0.39, 0.29) is 6.10 Å². The van der Waals surface area contributed by atoms with Gasteiger partial charge < -0.3 is 9.64 Å². The Kier molecular flexibility index (Phi) is 3.18. The molecule has 1 atom stereocenters. The third-order valence-corrected chi connectivity index (χ3v) is 1.92. The highest BCUT2D eigenvalue weighted by Crippen LogP contribution is 2.11. The summed E-state index contributed by atoms with van der Waals surface area (Å²) in [5, 5.41) is 8.60. The van der Waals surface area contributed by atoms with Gasteiger partial charge in [0.1, 0.15) is 0 Å². The van der Waals surface area contributed by atoms with Crippen LogP contribution in [0.3, 0.4) is 0 Å². The third kappa shape index (κ3) is 2.39. The second kappa shape index (κ2) is 4.20. The van der Waals surface area contributed by atoms with Gasteiger partial charge in [0, 0.05) is 13.2 Å². The lowest BCUT2D eigenvalue weighted by Gasteiger charge is -2.28. The molecule has 0 radical (unpaired) electrons. The average molecular weight is 154 g/mol. The van der Waals surface area contributed by atoms with Gasteiger partial charge in [0.15, 0.2) is 6.19 Å². The van der Waals surface area contributed by atoms with Gasteiger partial charge in [-0.25, -0.2) is 0 Å². The predicted molar refractivity (Wildman–Crippen MR) is 41.8 cm³/mol. The van der Waals surface area contributed by atoms with Gasteiger partial charge in [-0.1, -0.05) is 0 Å². The first-order valence-electron chi connectivity index (χ1n) is 4.13. The summed E-state index contributed by atoms with van der Waals surface area (Å²) < 4.78 is 5.42. The lowest BCUT2D eigenvalue weighted by Crippen LogP contribution is -2.36. The Morgan fingerprint density at radius 3 is 3.18 bits per heavy atom. The van der Waals surface area contributed by atoms with E-state index in [1.165, 1.54) is 0 Å². The van der Waals surface area contributed by atoms with Gasteiger partial charge in [-0.15, -0.1) is 0 Å². The van der Waals surface area contributed by atoms with Crippen LogP contribution in [0.25, 0.3) is 0 Å². The molecule has 1 rings (SSSR count). The highest BCUT2D eigenvalue weighted by atomic mass is 16.5. The van der Waals surface area contributed by atoms with Crippen LogP contribution in [-0.4, -0.2) is 30.7 Å². The Morgan fingerprint density at radius 2 is 2.55 bits per heavy atom. The maximum atomic E-state index is 8.60. The lowest BCUT2D eigenvalue weighted by atomic mass is 10.1. The normalized spacial score (nSPS) is 24.7. The molecule has 0 saturated carbocycles. The molecular formula is C8H14N2O. The number of hydrogen-bond acceptors (Lipinski definition) is 3. The number of nitrogens with zero attached hydrogens (tertiary/aromatic N) is 2. The minimum Gasteiger partial charge on any atom is -0.377 e. The monoisotopic (exact) mass is 154 g/mol. The largest absolute Gasteiger partial charge is 0.377 e. The number of rotatable bonds is 2. The van der Waals surface area contributed by atoms with Crippen LogP contribution in [0.15, 0.2) is 0 Å². The Bertz CT molecular complexity index is 151. The molecule has 0 amide bonds. The van der Waals surface area contributed by atoms with E-state index in [0.29, 0.717) is 0 Å². The number of hydrogen-bond donors (Lipinski definition) is 0. The molecule has 0 aliphatic carbocycles. The first-order chi connectivity index (χ1) is 5.36. The lowest BCUT2D eigenvalue weighted by molar-refractivity contribution is 0.0206. The van der Waals surface area contributed by atoms with Gasteiger partial charge in [0.2, 0.25) is 0 Å². The summed E-state index contributed by atoms with van der Waals surface area (Å²) in [7, 11) is 0. The van der Waals surface area contributed by atoms with E-state index in [2.05, 4.69) is 6.19 Å². The summed E-state index contributed by atoms with van der Waals surface area (Å²) in [4.78, 5) is 1.77. The molecule has 0 spiro atoms. The Morgan fingerprint density at radius 1 is 1.73 bits per heavy atom. The topological polar surface area (TPSA) is 36.3 Å². The van der Waals surface area contributed by atoms with Crippen LogP contribution in [0.5, 0.6) is 0 Å². The number of piperidine rings is 1. The van der Waals surface area contributed by atoms with Crippen LogP contribution >= 0.6 is 0 Å². The molecule has 0 aromatic carbocycles. The second-order valence-electron chi connectivity index (χ2n) is 2.77. The molecule has 1 unspecified atom stereocenters. The molecule has 1 saturated heterocycles. The van der Waals surface area contributed by atoms with Crippen molar-refractivity contribution in [3.8, 4) is 6.19 Å². The smallest absolute Gasteiger partial charge is 0.179 e. The van der Waals surface area contributed by atoms with E-state index in [1.54, 1.807) is 4.90 Å². The maximum Gasteiger partial charge on any atom is 0.179 e. The molecule has 0 bridgehead atoms. The Labute approximate surface area is 67.6 Å². The Hall–Kier alpha value is -0.750. The number of ether oxygens (including phenoxy) is 1. The first-order valence-corrected chi connectivity index (χ1v) is 4.13. The fourth-order valence-electron chi connectivity index (χ4n) is 1.40. The molecular weight excluding hydrogens is 140 g/mol. The molecule has 3 nitrogen and oxygen atoms in total. The highest BCUT2D eigenvalue weighted by molar-refractivity contribution is 4.81. The number of likely N-dealkylation sites (tertiary alicyclic amines) is 1. The van der Waals surface area contributed by atoms with Crippen molar-refractivity contribution >= 4 is 0 Å². The molecule has 3 heteroatoms. The van der Waals surface area contributed by atoms with Crippen molar-refractivity contribution in [1.29, 1.82) is 5.26 Å². The van der Waals surface area contributed by atoms with Crippen LogP contribution in [0.1, 0.15) is 19.8 Å². The fraction of sp³-hybridized carbons (Fsp3) is 0.875. The third-order valence-electron chi connectivity index (χ3n) is 1.92. The van der Waals surface area contributed by atoms with Crippen molar-refractivity contribution in [2.75, 3.05) is 19.7 Å². The zero-order chi connectivity index (χ0) is 8.10. The maximum absolute atomic E-state index is 8.60. The summed E-state index contributed by atoms with van der Waals surface area (Å²) in [6.45, 7) is 4.43. The van der Waals surface area contributed by atoms with Crippen molar-refractivity contribution in [3.05, 3.63) is 0 Å². The van der Waals surface area contributed by atoms with Gasteiger partial charge >= 0.3 is 0 Å². The zero-order valence-corrected chi connectivity index (χ0v) is 6.92. The van der Waals surface area contributed by atoms with Crippen molar-refractivity contribution in [3.63, 3.8) is 0 Å². The van der Waals surface area contributed by atoms with Crippen LogP contribution < -0.4 is 0 Å². The predicted octanol–water partition coefficient (Wildman–Crippen LogP) is 0.968. The van der Waals surface area contributed by atoms with E-state index < -0.39 is 0 Å². The molecule has 1 heterocycles. The minimum atomic E-state index is 0.286. The molecule has 0 N–H and O–H groups in total. The van der Waals surface area contributed by atoms with E-state index in [9.17, 15) is 0 Å². The van der Waals surface area contributed by atoms with Gasteiger partial charge in [0.25, 0.3) is 0 Å². The standard InChI is InChI=1S/C8H14N2O/c1-2-11-8-4-3-5-10(6-8)7-9/h8H,2-6H2,1H3. The van der Waals surface area contributed by atoms with Crippen LogP contribution in [0.2, 0.25) is 0 Å². The summed E-state index contributed by atoms with van der Waals surface area (Å²) in [5.41, 5.74) is 0. The first kappa shape index (κ1) is 8.35. The van der Waals surface area contributed by atoms with E-state index in [0.717, 1.165) is 32.5 Å². The van der Waals surface area contributed by atoms with Gasteiger partial charge in [-0.05, 0) is 19.8 Å². The second-order valence-corrected chi connectivity index (χ2v) is 2.77. The van der Waals surface area contributed by atoms with Gasteiger partial charge in [-0.3, -0.25) is 0 Å². The molecule has 62 valence electrons. The molecule has 0 aromatic rings. The van der Waals surface area contributed by atoms with E-state index in [1.807, 2.05) is 6.92 Å². The SMILES string of the molecule is CCOC1CCCN(C#N)C1. The van der Waals surface area contributed by atoms with Crippen molar-refractivity contribution in [1.82, 2.24) is 4.90 Å². The van der Waals surface area contributed by atoms with Gasteiger partial charge in [0.05, 0.1) is 12.6 Å². The van der Waals surface area contributed by atoms with Crippen molar-refractivity contribution in [2.24, 2.45) is 0 Å². The summed E-state index contributed by atoms with van der Waals surface area (Å²) >= 11 is 0. The summed E-state index contributed by atoms with van der Waals surface area (Å²) in [5.74, 6) is 0. The van der Waals surface area contributed by atoms with Crippen LogP contribution in [0, 0.1) is 11.5 Å². The van der Waals surface area contributed by atoms with E-state index in [4.69, 9.17) is 10.00 Å². The van der Waals surface area contributed by atoms with Crippen LogP contribution in [-0.2, 0) is 4.74 Å². The molecule has 1 aliphatic rings. The number of nitriles is 1. The minimum absolute atomic E-state index is 0.286. The summed E-state index contributed by atoms with van der Waals surface area (Å²) in [6, 6.07) is 0. The fourth-order valence-corrected chi connectivity index (χ4v) is 1.40. The average Bonchev–Trinajstić information content (AvgIpc) is 2.06. The van der Waals surface area contributed by atoms with Crippen molar-refractivity contribution < 1.29 is 4.74 Å². The molecule has 1 aliphatic heterocycles. The van der Waals surface area contributed by atoms with Crippen molar-refractivity contribution in [2.45, 2.75) is 25.9 Å². The van der Waals surface area contributed by atoms with Gasteiger partial charge in [-0.2, -0.15) is 5.26 Å². The zero-order valence-electron chi connectivity index (χ0n) is 6.92. The highest BCUT2D eigenvalue weighted by Gasteiger charge is 2.18. The van der Waals surface area contributed by atoms with E-state index >= 15 is 0 Å². The Balaban J connectivity index is 2.29.